The van der Waals surface area contributed by atoms with Crippen LogP contribution in [0.15, 0.2) is 0 Å². The summed E-state index contributed by atoms with van der Waals surface area (Å²) in [6, 6.07) is 0.108. The van der Waals surface area contributed by atoms with Crippen molar-refractivity contribution in [3.8, 4) is 0 Å². The topological polar surface area (TPSA) is 58.6 Å². The number of ether oxygens (including phenoxy) is 1. The van der Waals surface area contributed by atoms with Gasteiger partial charge in [-0.15, -0.1) is 0 Å². The number of hydrogen-bond acceptors (Lipinski definition) is 3. The number of hydrogen-bond donors (Lipinski definition) is 2. The second kappa shape index (κ2) is 4.34. The number of carbonyl (C=O) groups excluding carboxylic acids is 1. The van der Waals surface area contributed by atoms with Crippen LogP contribution in [0, 0.1) is 5.41 Å². The Morgan fingerprint density at radius 1 is 1.56 bits per heavy atom. The van der Waals surface area contributed by atoms with Crippen molar-refractivity contribution in [2.75, 3.05) is 6.61 Å². The maximum Gasteiger partial charge on any atom is 0.222 e. The molecule has 1 heterocycles. The van der Waals surface area contributed by atoms with Gasteiger partial charge in [-0.1, -0.05) is 13.8 Å². The van der Waals surface area contributed by atoms with E-state index in [9.17, 15) is 9.90 Å². The van der Waals surface area contributed by atoms with Crippen LogP contribution in [0.4, 0.5) is 0 Å². The highest BCUT2D eigenvalue weighted by Crippen LogP contribution is 2.40. The number of aliphatic hydroxyl groups is 1. The minimum Gasteiger partial charge on any atom is -0.392 e. The molecule has 4 nitrogen and oxygen atoms in total. The average Bonchev–Trinajstić information content (AvgIpc) is 2.70. The molecule has 2 fully saturated rings. The number of aliphatic hydroxyl groups excluding tert-OH is 1. The number of carbonyl (C=O) groups is 1. The Morgan fingerprint density at radius 3 is 2.81 bits per heavy atom. The van der Waals surface area contributed by atoms with Gasteiger partial charge < -0.3 is 15.2 Å². The highest BCUT2D eigenvalue weighted by Gasteiger charge is 2.47. The first-order valence-corrected chi connectivity index (χ1v) is 6.09. The van der Waals surface area contributed by atoms with Crippen LogP contribution in [0.3, 0.4) is 0 Å². The van der Waals surface area contributed by atoms with Gasteiger partial charge in [-0.2, -0.15) is 0 Å². The van der Waals surface area contributed by atoms with Gasteiger partial charge in [0.1, 0.15) is 0 Å². The van der Waals surface area contributed by atoms with Gasteiger partial charge in [0.25, 0.3) is 0 Å². The normalized spacial score (nSPS) is 36.8. The van der Waals surface area contributed by atoms with Crippen molar-refractivity contribution in [2.24, 2.45) is 5.41 Å². The molecule has 0 spiro atoms. The van der Waals surface area contributed by atoms with Crippen molar-refractivity contribution in [1.82, 2.24) is 5.32 Å². The van der Waals surface area contributed by atoms with E-state index in [1.165, 1.54) is 0 Å². The van der Waals surface area contributed by atoms with Crippen molar-refractivity contribution in [2.45, 2.75) is 57.8 Å². The van der Waals surface area contributed by atoms with E-state index >= 15 is 0 Å². The van der Waals surface area contributed by atoms with Gasteiger partial charge in [-0.05, 0) is 19.3 Å². The fourth-order valence-electron chi connectivity index (χ4n) is 2.41. The molecule has 0 aromatic rings. The average molecular weight is 227 g/mol. The first kappa shape index (κ1) is 11.9. The molecule has 4 heteroatoms. The molecule has 3 atom stereocenters. The van der Waals surface area contributed by atoms with Crippen LogP contribution in [0.25, 0.3) is 0 Å². The zero-order chi connectivity index (χ0) is 11.8. The number of amides is 1. The third kappa shape index (κ3) is 2.23. The van der Waals surface area contributed by atoms with E-state index in [0.29, 0.717) is 12.8 Å². The SMILES string of the molecule is CC1(C)C(O)CC1NC(=O)CC1CCCO1. The number of nitrogens with one attached hydrogen (secondary N) is 1. The zero-order valence-corrected chi connectivity index (χ0v) is 10.0. The van der Waals surface area contributed by atoms with E-state index in [2.05, 4.69) is 5.32 Å². The molecular formula is C12H21NO3. The van der Waals surface area contributed by atoms with E-state index in [0.717, 1.165) is 19.4 Å². The van der Waals surface area contributed by atoms with E-state index in [4.69, 9.17) is 4.74 Å². The largest absolute Gasteiger partial charge is 0.392 e. The Bertz CT molecular complexity index is 271. The lowest BCUT2D eigenvalue weighted by Gasteiger charge is -2.49. The van der Waals surface area contributed by atoms with Crippen molar-refractivity contribution >= 4 is 5.91 Å². The number of rotatable bonds is 3. The molecule has 2 rings (SSSR count). The molecule has 1 saturated heterocycles. The molecule has 16 heavy (non-hydrogen) atoms. The van der Waals surface area contributed by atoms with Crippen molar-refractivity contribution in [3.63, 3.8) is 0 Å². The van der Waals surface area contributed by atoms with Crippen LogP contribution in [0.5, 0.6) is 0 Å². The molecule has 1 saturated carbocycles. The second-order valence-electron chi connectivity index (χ2n) is 5.53. The molecule has 1 amide bonds. The Labute approximate surface area is 96.4 Å². The Kier molecular flexibility index (Phi) is 3.22. The molecule has 0 bridgehead atoms. The summed E-state index contributed by atoms with van der Waals surface area (Å²) in [5.41, 5.74) is -0.188. The summed E-state index contributed by atoms with van der Waals surface area (Å²) in [6.45, 7) is 4.75. The van der Waals surface area contributed by atoms with Gasteiger partial charge >= 0.3 is 0 Å². The molecule has 92 valence electrons. The third-order valence-corrected chi connectivity index (χ3v) is 3.99. The predicted octanol–water partition coefficient (Wildman–Crippen LogP) is 0.831. The Morgan fingerprint density at radius 2 is 2.31 bits per heavy atom. The van der Waals surface area contributed by atoms with E-state index in [-0.39, 0.29) is 29.6 Å². The highest BCUT2D eigenvalue weighted by atomic mass is 16.5. The fourth-order valence-corrected chi connectivity index (χ4v) is 2.41. The van der Waals surface area contributed by atoms with Crippen LogP contribution in [-0.2, 0) is 9.53 Å². The molecule has 3 unspecified atom stereocenters. The second-order valence-corrected chi connectivity index (χ2v) is 5.53. The lowest BCUT2D eigenvalue weighted by atomic mass is 9.64. The predicted molar refractivity (Wildman–Crippen MR) is 59.9 cm³/mol. The zero-order valence-electron chi connectivity index (χ0n) is 10.0. The van der Waals surface area contributed by atoms with Gasteiger partial charge in [-0.3, -0.25) is 4.79 Å². The third-order valence-electron chi connectivity index (χ3n) is 3.99. The van der Waals surface area contributed by atoms with Gasteiger partial charge in [0.15, 0.2) is 0 Å². The standard InChI is InChI=1S/C12H21NO3/c1-12(2)9(7-10(12)14)13-11(15)6-8-4-3-5-16-8/h8-10,14H,3-7H2,1-2H3,(H,13,15). The minimum absolute atomic E-state index is 0.0527. The van der Waals surface area contributed by atoms with Crippen LogP contribution in [-0.4, -0.2) is 35.9 Å². The molecule has 2 N–H and O–H groups in total. The quantitative estimate of drug-likeness (QED) is 0.751. The van der Waals surface area contributed by atoms with Crippen LogP contribution in [0.2, 0.25) is 0 Å². The van der Waals surface area contributed by atoms with Gasteiger partial charge in [0, 0.05) is 18.1 Å². The summed E-state index contributed by atoms with van der Waals surface area (Å²) >= 11 is 0. The van der Waals surface area contributed by atoms with Crippen molar-refractivity contribution in [3.05, 3.63) is 0 Å². The van der Waals surface area contributed by atoms with Crippen LogP contribution in [0.1, 0.15) is 39.5 Å². The summed E-state index contributed by atoms with van der Waals surface area (Å²) in [7, 11) is 0. The van der Waals surface area contributed by atoms with Gasteiger partial charge in [0.05, 0.1) is 18.6 Å². The molecular weight excluding hydrogens is 206 g/mol. The Balaban J connectivity index is 1.75. The van der Waals surface area contributed by atoms with E-state index < -0.39 is 0 Å². The van der Waals surface area contributed by atoms with Crippen molar-refractivity contribution in [1.29, 1.82) is 0 Å². The van der Waals surface area contributed by atoms with E-state index in [1.54, 1.807) is 0 Å². The lowest BCUT2D eigenvalue weighted by molar-refractivity contribution is -0.131. The van der Waals surface area contributed by atoms with Crippen molar-refractivity contribution < 1.29 is 14.6 Å². The van der Waals surface area contributed by atoms with Gasteiger partial charge in [-0.25, -0.2) is 0 Å². The van der Waals surface area contributed by atoms with Crippen LogP contribution < -0.4 is 5.32 Å². The molecule has 0 aromatic heterocycles. The van der Waals surface area contributed by atoms with E-state index in [1.807, 2.05) is 13.8 Å². The molecule has 2 aliphatic rings. The molecule has 1 aliphatic heterocycles. The smallest absolute Gasteiger partial charge is 0.222 e. The fraction of sp³-hybridized carbons (Fsp3) is 0.917. The highest BCUT2D eigenvalue weighted by molar-refractivity contribution is 5.77. The Hall–Kier alpha value is -0.610. The summed E-state index contributed by atoms with van der Waals surface area (Å²) in [4.78, 5) is 11.7. The first-order chi connectivity index (χ1) is 7.50. The maximum atomic E-state index is 11.7. The maximum absolute atomic E-state index is 11.7. The summed E-state index contributed by atoms with van der Waals surface area (Å²) in [5, 5.41) is 12.6. The summed E-state index contributed by atoms with van der Waals surface area (Å²) < 4.78 is 5.42. The first-order valence-electron chi connectivity index (χ1n) is 6.09. The minimum atomic E-state index is -0.291. The van der Waals surface area contributed by atoms with Gasteiger partial charge in [0.2, 0.25) is 5.91 Å². The summed E-state index contributed by atoms with van der Waals surface area (Å²) in [5.74, 6) is 0.0527. The lowest BCUT2D eigenvalue weighted by Crippen LogP contribution is -2.61. The molecule has 1 aliphatic carbocycles. The van der Waals surface area contributed by atoms with Crippen LogP contribution >= 0.6 is 0 Å². The monoisotopic (exact) mass is 227 g/mol. The molecule has 0 aromatic carbocycles. The molecule has 0 radical (unpaired) electrons. The summed E-state index contributed by atoms with van der Waals surface area (Å²) in [6.07, 6.45) is 3.00.